The number of hydrogen-bond donors (Lipinski definition) is 3. The number of aliphatic hydroxyl groups is 1. The molecule has 106 valence electrons. The van der Waals surface area contributed by atoms with Crippen LogP contribution in [-0.2, 0) is 4.79 Å². The minimum Gasteiger partial charge on any atom is -0.511 e. The zero-order valence-corrected chi connectivity index (χ0v) is 10.9. The molecule has 0 saturated carbocycles. The van der Waals surface area contributed by atoms with Gasteiger partial charge in [-0.05, 0) is 19.1 Å². The highest BCUT2D eigenvalue weighted by Gasteiger charge is 2.23. The molecule has 2 aromatic rings. The van der Waals surface area contributed by atoms with E-state index in [-0.39, 0.29) is 11.3 Å². The molecule has 1 heterocycles. The molecule has 21 heavy (non-hydrogen) atoms. The maximum Gasteiger partial charge on any atom is 0.374 e. The molecule has 7 nitrogen and oxygen atoms in total. The van der Waals surface area contributed by atoms with Crippen LogP contribution in [0, 0.1) is 11.3 Å². The quantitative estimate of drug-likeness (QED) is 0.452. The Labute approximate surface area is 118 Å². The fourth-order valence-electron chi connectivity index (χ4n) is 1.79. The van der Waals surface area contributed by atoms with Crippen molar-refractivity contribution in [1.29, 1.82) is 5.26 Å². The molecule has 1 amide bonds. The van der Waals surface area contributed by atoms with Gasteiger partial charge in [-0.3, -0.25) is 4.79 Å². The third-order valence-corrected chi connectivity index (χ3v) is 2.73. The summed E-state index contributed by atoms with van der Waals surface area (Å²) in [4.78, 5) is 23.1. The lowest BCUT2D eigenvalue weighted by atomic mass is 10.2. The van der Waals surface area contributed by atoms with Gasteiger partial charge in [0.2, 0.25) is 5.76 Å². The summed E-state index contributed by atoms with van der Waals surface area (Å²) in [6, 6.07) is 7.98. The number of fused-ring (bicyclic) bond motifs is 1. The van der Waals surface area contributed by atoms with Crippen LogP contribution in [0.4, 0.5) is 5.69 Å². The number of carbonyl (C=O) groups is 2. The first-order valence-corrected chi connectivity index (χ1v) is 5.81. The second-order valence-corrected chi connectivity index (χ2v) is 4.13. The van der Waals surface area contributed by atoms with E-state index in [4.69, 9.17) is 14.8 Å². The number of nitriles is 1. The number of rotatable bonds is 3. The van der Waals surface area contributed by atoms with Gasteiger partial charge in [-0.2, -0.15) is 5.26 Å². The Balaban J connectivity index is 2.54. The molecule has 1 aromatic carbocycles. The van der Waals surface area contributed by atoms with E-state index < -0.39 is 29.0 Å². The van der Waals surface area contributed by atoms with Gasteiger partial charge in [0.1, 0.15) is 23.1 Å². The number of allylic oxidation sites excluding steroid dienone is 1. The molecule has 2 rings (SSSR count). The van der Waals surface area contributed by atoms with Crippen LogP contribution in [0.15, 0.2) is 40.0 Å². The van der Waals surface area contributed by atoms with Crippen LogP contribution < -0.4 is 5.32 Å². The number of anilines is 1. The Kier molecular flexibility index (Phi) is 3.63. The number of carbonyl (C=O) groups excluding carboxylic acids is 1. The first-order valence-electron chi connectivity index (χ1n) is 5.81. The summed E-state index contributed by atoms with van der Waals surface area (Å²) in [6.45, 7) is 1.18. The second-order valence-electron chi connectivity index (χ2n) is 4.13. The van der Waals surface area contributed by atoms with Gasteiger partial charge in [-0.25, -0.2) is 4.79 Å². The summed E-state index contributed by atoms with van der Waals surface area (Å²) in [5, 5.41) is 29.9. The van der Waals surface area contributed by atoms with Crippen molar-refractivity contribution in [2.75, 3.05) is 5.32 Å². The summed E-state index contributed by atoms with van der Waals surface area (Å²) < 4.78 is 5.16. The highest BCUT2D eigenvalue weighted by atomic mass is 16.4. The minimum atomic E-state index is -1.36. The van der Waals surface area contributed by atoms with E-state index in [1.165, 1.54) is 6.92 Å². The third-order valence-electron chi connectivity index (χ3n) is 2.73. The van der Waals surface area contributed by atoms with Crippen LogP contribution in [0.5, 0.6) is 0 Å². The first kappa shape index (κ1) is 14.1. The third kappa shape index (κ3) is 2.55. The van der Waals surface area contributed by atoms with E-state index in [0.29, 0.717) is 5.39 Å². The molecule has 0 spiro atoms. The summed E-state index contributed by atoms with van der Waals surface area (Å²) in [5.74, 6) is -3.17. The minimum absolute atomic E-state index is 0.0582. The maximum atomic E-state index is 11.9. The predicted octanol–water partition coefficient (Wildman–Crippen LogP) is 2.43. The molecule has 7 heteroatoms. The maximum absolute atomic E-state index is 11.9. The van der Waals surface area contributed by atoms with Crippen LogP contribution >= 0.6 is 0 Å². The number of aromatic carboxylic acids is 1. The summed E-state index contributed by atoms with van der Waals surface area (Å²) >= 11 is 0. The number of hydrogen-bond acceptors (Lipinski definition) is 5. The monoisotopic (exact) mass is 286 g/mol. The average Bonchev–Trinajstić information content (AvgIpc) is 2.78. The standard InChI is InChI=1S/C14H10N2O5/c1-7(17)9(6-15)13(18)16-11-8-4-2-3-5-10(8)21-12(11)14(19)20/h2-5,17H,1H3,(H,16,18)(H,19,20). The van der Waals surface area contributed by atoms with Crippen molar-refractivity contribution < 1.29 is 24.2 Å². The number of aliphatic hydroxyl groups excluding tert-OH is 1. The van der Waals surface area contributed by atoms with Crippen molar-refractivity contribution in [3.63, 3.8) is 0 Å². The molecule has 0 bridgehead atoms. The summed E-state index contributed by atoms with van der Waals surface area (Å²) in [6.07, 6.45) is 0. The Morgan fingerprint density at radius 1 is 1.29 bits per heavy atom. The van der Waals surface area contributed by atoms with Gasteiger partial charge < -0.3 is 19.9 Å². The van der Waals surface area contributed by atoms with Gasteiger partial charge in [0.25, 0.3) is 5.91 Å². The average molecular weight is 286 g/mol. The van der Waals surface area contributed by atoms with E-state index in [9.17, 15) is 14.7 Å². The highest BCUT2D eigenvalue weighted by Crippen LogP contribution is 2.31. The lowest BCUT2D eigenvalue weighted by Gasteiger charge is -2.04. The van der Waals surface area contributed by atoms with Gasteiger partial charge in [-0.1, -0.05) is 12.1 Å². The molecule has 0 unspecified atom stereocenters. The number of nitrogens with one attached hydrogen (secondary N) is 1. The Morgan fingerprint density at radius 3 is 2.52 bits per heavy atom. The molecule has 1 aromatic heterocycles. The molecule has 0 aliphatic carbocycles. The number of amides is 1. The lowest BCUT2D eigenvalue weighted by Crippen LogP contribution is -2.16. The molecule has 3 N–H and O–H groups in total. The Hall–Kier alpha value is -3.27. The zero-order chi connectivity index (χ0) is 15.6. The van der Waals surface area contributed by atoms with Crippen LogP contribution in [0.2, 0.25) is 0 Å². The van der Waals surface area contributed by atoms with Crippen LogP contribution in [-0.4, -0.2) is 22.1 Å². The molecule has 0 saturated heterocycles. The number of para-hydroxylation sites is 1. The van der Waals surface area contributed by atoms with Crippen LogP contribution in [0.1, 0.15) is 17.5 Å². The van der Waals surface area contributed by atoms with Crippen molar-refractivity contribution in [2.24, 2.45) is 0 Å². The van der Waals surface area contributed by atoms with E-state index in [0.717, 1.165) is 0 Å². The number of carboxylic acid groups (broad SMARTS) is 1. The van der Waals surface area contributed by atoms with Crippen molar-refractivity contribution in [3.8, 4) is 6.07 Å². The first-order chi connectivity index (χ1) is 9.95. The van der Waals surface area contributed by atoms with E-state index in [1.807, 2.05) is 0 Å². The fourth-order valence-corrected chi connectivity index (χ4v) is 1.79. The number of nitrogens with zero attached hydrogens (tertiary/aromatic N) is 1. The van der Waals surface area contributed by atoms with Crippen molar-refractivity contribution in [3.05, 3.63) is 41.4 Å². The van der Waals surface area contributed by atoms with Gasteiger partial charge in [0.15, 0.2) is 5.57 Å². The van der Waals surface area contributed by atoms with E-state index in [2.05, 4.69) is 5.32 Å². The predicted molar refractivity (Wildman–Crippen MR) is 72.7 cm³/mol. The van der Waals surface area contributed by atoms with Crippen molar-refractivity contribution in [1.82, 2.24) is 0 Å². The molecular formula is C14H10N2O5. The van der Waals surface area contributed by atoms with Gasteiger partial charge in [0.05, 0.1) is 0 Å². The van der Waals surface area contributed by atoms with Gasteiger partial charge in [-0.15, -0.1) is 0 Å². The molecular weight excluding hydrogens is 276 g/mol. The second kappa shape index (κ2) is 5.38. The van der Waals surface area contributed by atoms with E-state index >= 15 is 0 Å². The number of carboxylic acids is 1. The van der Waals surface area contributed by atoms with Crippen LogP contribution in [0.25, 0.3) is 11.0 Å². The number of furan rings is 1. The van der Waals surface area contributed by atoms with Gasteiger partial charge in [0, 0.05) is 5.39 Å². The normalized spacial score (nSPS) is 11.6. The summed E-state index contributed by atoms with van der Waals surface area (Å²) in [7, 11) is 0. The lowest BCUT2D eigenvalue weighted by molar-refractivity contribution is -0.112. The molecule has 0 aliphatic rings. The smallest absolute Gasteiger partial charge is 0.374 e. The van der Waals surface area contributed by atoms with Gasteiger partial charge >= 0.3 is 5.97 Å². The number of benzene rings is 1. The highest BCUT2D eigenvalue weighted by molar-refractivity contribution is 6.14. The Bertz CT molecular complexity index is 806. The molecule has 0 fully saturated rings. The fraction of sp³-hybridized carbons (Fsp3) is 0.0714. The van der Waals surface area contributed by atoms with Crippen LogP contribution in [0.3, 0.4) is 0 Å². The Morgan fingerprint density at radius 2 is 1.95 bits per heavy atom. The van der Waals surface area contributed by atoms with Crippen molar-refractivity contribution in [2.45, 2.75) is 6.92 Å². The molecule has 0 radical (unpaired) electrons. The molecule has 0 aliphatic heterocycles. The molecule has 0 atom stereocenters. The SMILES string of the molecule is CC(O)=C(C#N)C(=O)Nc1c(C(=O)O)oc2ccccc12. The zero-order valence-electron chi connectivity index (χ0n) is 10.9. The van der Waals surface area contributed by atoms with E-state index in [1.54, 1.807) is 30.3 Å². The summed E-state index contributed by atoms with van der Waals surface area (Å²) in [5.41, 5.74) is -0.276. The topological polar surface area (TPSA) is 124 Å². The van der Waals surface area contributed by atoms with Crippen molar-refractivity contribution >= 4 is 28.5 Å². The largest absolute Gasteiger partial charge is 0.511 e.